The summed E-state index contributed by atoms with van der Waals surface area (Å²) in [5.74, 6) is 0.595. The Bertz CT molecular complexity index is 1150. The number of furan rings is 1. The second-order valence-electron chi connectivity index (χ2n) is 10.0. The van der Waals surface area contributed by atoms with Crippen LogP contribution in [0.2, 0.25) is 0 Å². The minimum atomic E-state index is -3.82. The molecular formula is C31H36GeO2. The number of hydrogen-bond donors (Lipinski definition) is 0. The van der Waals surface area contributed by atoms with Crippen LogP contribution in [0.15, 0.2) is 59.2 Å². The molecule has 0 spiro atoms. The van der Waals surface area contributed by atoms with Crippen molar-refractivity contribution in [1.82, 2.24) is 0 Å². The van der Waals surface area contributed by atoms with Crippen LogP contribution >= 0.6 is 0 Å². The van der Waals surface area contributed by atoms with Gasteiger partial charge in [0.15, 0.2) is 0 Å². The summed E-state index contributed by atoms with van der Waals surface area (Å²) < 4.78 is 17.3. The topological polar surface area (TPSA) is 22.4 Å². The Kier molecular flexibility index (Phi) is 6.57. The van der Waals surface area contributed by atoms with Crippen molar-refractivity contribution in [1.29, 1.82) is 0 Å². The molecule has 0 fully saturated rings. The summed E-state index contributed by atoms with van der Waals surface area (Å²) in [6.07, 6.45) is 1.71. The van der Waals surface area contributed by atoms with Crippen molar-refractivity contribution in [3.05, 3.63) is 105 Å². The maximum atomic E-state index is 7.33. The molecule has 0 N–H and O–H groups in total. The van der Waals surface area contributed by atoms with Crippen LogP contribution in [0.4, 0.5) is 0 Å². The van der Waals surface area contributed by atoms with Gasteiger partial charge in [-0.3, -0.25) is 0 Å². The number of rotatable bonds is 5. The molecule has 1 heterocycles. The van der Waals surface area contributed by atoms with Gasteiger partial charge in [-0.1, -0.05) is 0 Å². The van der Waals surface area contributed by atoms with Crippen LogP contribution in [0.25, 0.3) is 0 Å². The van der Waals surface area contributed by atoms with Gasteiger partial charge in [-0.25, -0.2) is 0 Å². The molecule has 0 aliphatic carbocycles. The number of aryl methyl sites for hydroxylation is 9. The molecule has 3 heteroatoms. The normalized spacial score (nSPS) is 11.7. The van der Waals surface area contributed by atoms with Crippen molar-refractivity contribution < 1.29 is 8.18 Å². The molecule has 4 rings (SSSR count). The first-order valence-electron chi connectivity index (χ1n) is 12.0. The molecule has 0 bridgehead atoms. The van der Waals surface area contributed by atoms with Gasteiger partial charge in [0.2, 0.25) is 0 Å². The molecule has 34 heavy (non-hydrogen) atoms. The van der Waals surface area contributed by atoms with E-state index in [2.05, 4.69) is 98.7 Å². The Hall–Kier alpha value is -2.72. The third-order valence-corrected chi connectivity index (χ3v) is 17.3. The summed E-state index contributed by atoms with van der Waals surface area (Å²) in [5, 5.41) is 0. The van der Waals surface area contributed by atoms with Gasteiger partial charge in [-0.2, -0.15) is 0 Å². The van der Waals surface area contributed by atoms with Gasteiger partial charge in [0.05, 0.1) is 0 Å². The predicted octanol–water partition coefficient (Wildman–Crippen LogP) is 6.10. The summed E-state index contributed by atoms with van der Waals surface area (Å²) in [5.41, 5.74) is 11.6. The van der Waals surface area contributed by atoms with E-state index < -0.39 is 13.6 Å². The third-order valence-electron chi connectivity index (χ3n) is 6.84. The second-order valence-corrected chi connectivity index (χ2v) is 16.5. The fourth-order valence-electron chi connectivity index (χ4n) is 6.21. The second kappa shape index (κ2) is 9.15. The molecule has 0 aliphatic heterocycles. The summed E-state index contributed by atoms with van der Waals surface area (Å²) in [6.45, 7) is 20.0. The van der Waals surface area contributed by atoms with Crippen molar-refractivity contribution in [2.24, 2.45) is 0 Å². The van der Waals surface area contributed by atoms with Crippen LogP contribution in [-0.2, 0) is 0 Å². The third kappa shape index (κ3) is 4.13. The van der Waals surface area contributed by atoms with E-state index in [4.69, 9.17) is 8.18 Å². The first-order chi connectivity index (χ1) is 16.0. The Balaban J connectivity index is 2.28. The number of hydrogen-bond acceptors (Lipinski definition) is 2. The van der Waals surface area contributed by atoms with Crippen LogP contribution in [0, 0.1) is 62.3 Å². The van der Waals surface area contributed by atoms with Gasteiger partial charge < -0.3 is 0 Å². The molecule has 0 saturated carbocycles. The molecule has 3 aromatic carbocycles. The Labute approximate surface area is 207 Å². The fourth-order valence-corrected chi connectivity index (χ4v) is 17.2. The zero-order valence-electron chi connectivity index (χ0n) is 22.0. The molecule has 0 saturated heterocycles. The van der Waals surface area contributed by atoms with E-state index in [1.807, 2.05) is 12.1 Å². The average Bonchev–Trinajstić information content (AvgIpc) is 3.18. The van der Waals surface area contributed by atoms with E-state index in [1.165, 1.54) is 63.3 Å². The molecule has 1 aromatic heterocycles. The molecule has 0 amide bonds. The van der Waals surface area contributed by atoms with E-state index in [0.717, 1.165) is 0 Å². The molecule has 0 radical (unpaired) electrons. The van der Waals surface area contributed by atoms with Gasteiger partial charge in [0, 0.05) is 0 Å². The van der Waals surface area contributed by atoms with Crippen molar-refractivity contribution in [3.63, 3.8) is 0 Å². The van der Waals surface area contributed by atoms with E-state index in [1.54, 1.807) is 6.26 Å². The zero-order chi connectivity index (χ0) is 24.8. The van der Waals surface area contributed by atoms with E-state index in [9.17, 15) is 0 Å². The van der Waals surface area contributed by atoms with Crippen molar-refractivity contribution in [2.75, 3.05) is 0 Å². The van der Waals surface area contributed by atoms with Gasteiger partial charge in [-0.15, -0.1) is 0 Å². The minimum absolute atomic E-state index is 0.595. The van der Waals surface area contributed by atoms with Crippen LogP contribution in [0.1, 0.15) is 50.1 Å². The summed E-state index contributed by atoms with van der Waals surface area (Å²) >= 11 is -3.82. The molecule has 0 atom stereocenters. The van der Waals surface area contributed by atoms with Gasteiger partial charge in [0.1, 0.15) is 0 Å². The number of benzene rings is 3. The monoisotopic (exact) mass is 514 g/mol. The molecule has 4 aromatic rings. The van der Waals surface area contributed by atoms with Crippen molar-refractivity contribution >= 4 is 26.8 Å². The zero-order valence-corrected chi connectivity index (χ0v) is 24.1. The summed E-state index contributed by atoms with van der Waals surface area (Å²) in [4.78, 5) is 0. The SMILES string of the molecule is Cc1cc(C)[c]([Ge]([O]c2ccco2)([c]2c(C)cc(C)cc2C)[c]2c(C)cc(C)cc2C)c(C)c1. The Morgan fingerprint density at radius 3 is 1.12 bits per heavy atom. The average molecular weight is 513 g/mol. The molecule has 0 unspecified atom stereocenters. The van der Waals surface area contributed by atoms with E-state index in [-0.39, 0.29) is 0 Å². The fraction of sp³-hybridized carbons (Fsp3) is 0.290. The Morgan fingerprint density at radius 1 is 0.529 bits per heavy atom. The maximum absolute atomic E-state index is 7.33. The molecule has 176 valence electrons. The molecule has 2 nitrogen and oxygen atoms in total. The van der Waals surface area contributed by atoms with E-state index >= 15 is 0 Å². The van der Waals surface area contributed by atoms with Crippen LogP contribution in [0.3, 0.4) is 0 Å². The summed E-state index contributed by atoms with van der Waals surface area (Å²) in [7, 11) is 0. The van der Waals surface area contributed by atoms with Crippen molar-refractivity contribution in [3.8, 4) is 5.95 Å². The van der Waals surface area contributed by atoms with E-state index in [0.29, 0.717) is 5.95 Å². The quantitative estimate of drug-likeness (QED) is 0.301. The van der Waals surface area contributed by atoms with Gasteiger partial charge in [-0.05, 0) is 0 Å². The predicted molar refractivity (Wildman–Crippen MR) is 146 cm³/mol. The summed E-state index contributed by atoms with van der Waals surface area (Å²) in [6, 6.07) is 17.7. The van der Waals surface area contributed by atoms with Crippen molar-refractivity contribution in [2.45, 2.75) is 62.3 Å². The van der Waals surface area contributed by atoms with Gasteiger partial charge in [0.25, 0.3) is 0 Å². The first kappa shape index (κ1) is 24.4. The first-order valence-corrected chi connectivity index (χ1v) is 16.0. The Morgan fingerprint density at radius 2 is 0.853 bits per heavy atom. The molecular weight excluding hydrogens is 477 g/mol. The standard InChI is InChI=1S/C31H36GeO2/c1-19-13-22(4)29(23(5)14-19)32(34-28-11-10-12-33-28,30-24(6)15-20(2)16-25(30)7)31-26(8)17-21(3)18-27(31)9/h10-18H,1-9H3. The van der Waals surface area contributed by atoms with Crippen LogP contribution < -0.4 is 17.0 Å². The van der Waals surface area contributed by atoms with Crippen LogP contribution in [-0.4, -0.2) is 13.6 Å². The van der Waals surface area contributed by atoms with Crippen LogP contribution in [0.5, 0.6) is 5.95 Å². The van der Waals surface area contributed by atoms with Gasteiger partial charge >= 0.3 is 208 Å². The molecule has 0 aliphatic rings.